The molecule has 2 aliphatic rings. The van der Waals surface area contributed by atoms with E-state index in [0.29, 0.717) is 18.4 Å². The van der Waals surface area contributed by atoms with Gasteiger partial charge in [-0.1, -0.05) is 12.8 Å². The van der Waals surface area contributed by atoms with Gasteiger partial charge in [0, 0.05) is 18.5 Å². The number of hydrogen-bond donors (Lipinski definition) is 2. The molecule has 0 aliphatic heterocycles. The van der Waals surface area contributed by atoms with Gasteiger partial charge >= 0.3 is 0 Å². The number of carbonyl (C=O) groups is 1. The highest BCUT2D eigenvalue weighted by molar-refractivity contribution is 5.76. The number of amides is 1. The average Bonchev–Trinajstić information content (AvgIpc) is 3.04. The first kappa shape index (κ1) is 11.9. The highest BCUT2D eigenvalue weighted by Crippen LogP contribution is 2.32. The lowest BCUT2D eigenvalue weighted by atomic mass is 9.83. The third-order valence-electron chi connectivity index (χ3n) is 4.13. The number of rotatable bonds is 4. The average molecular weight is 224 g/mol. The van der Waals surface area contributed by atoms with E-state index in [1.54, 1.807) is 0 Å². The van der Waals surface area contributed by atoms with E-state index in [9.17, 15) is 4.79 Å². The van der Waals surface area contributed by atoms with Gasteiger partial charge in [-0.25, -0.2) is 0 Å². The normalized spacial score (nSPS) is 32.1. The topological polar surface area (TPSA) is 55.1 Å². The van der Waals surface area contributed by atoms with Crippen LogP contribution in [0.1, 0.15) is 51.9 Å². The zero-order valence-corrected chi connectivity index (χ0v) is 10.2. The summed E-state index contributed by atoms with van der Waals surface area (Å²) >= 11 is 0. The molecule has 0 aromatic carbocycles. The Hall–Kier alpha value is -0.570. The third kappa shape index (κ3) is 3.21. The van der Waals surface area contributed by atoms with Gasteiger partial charge in [-0.3, -0.25) is 4.79 Å². The van der Waals surface area contributed by atoms with Gasteiger partial charge in [-0.15, -0.1) is 0 Å². The van der Waals surface area contributed by atoms with E-state index in [1.807, 2.05) is 0 Å². The summed E-state index contributed by atoms with van der Waals surface area (Å²) < 4.78 is 0. The summed E-state index contributed by atoms with van der Waals surface area (Å²) in [5.41, 5.74) is 6.05. The standard InChI is InChI=1S/C13H24N2O/c1-9(10-6-7-10)15-13(16)8-11-4-2-3-5-12(11)14/h9-12H,2-8,14H2,1H3,(H,15,16). The van der Waals surface area contributed by atoms with E-state index in [-0.39, 0.29) is 11.9 Å². The lowest BCUT2D eigenvalue weighted by Gasteiger charge is -2.28. The van der Waals surface area contributed by atoms with Crippen molar-refractivity contribution in [3.05, 3.63) is 0 Å². The fourth-order valence-electron chi connectivity index (χ4n) is 2.75. The predicted molar refractivity (Wildman–Crippen MR) is 64.9 cm³/mol. The Morgan fingerprint density at radius 3 is 2.62 bits per heavy atom. The van der Waals surface area contributed by atoms with Crippen LogP contribution < -0.4 is 11.1 Å². The summed E-state index contributed by atoms with van der Waals surface area (Å²) in [5.74, 6) is 1.37. The molecule has 0 aromatic rings. The van der Waals surface area contributed by atoms with E-state index in [2.05, 4.69) is 12.2 Å². The molecule has 3 N–H and O–H groups in total. The molecule has 0 heterocycles. The Balaban J connectivity index is 1.72. The second-order valence-corrected chi connectivity index (χ2v) is 5.61. The minimum atomic E-state index is 0.210. The van der Waals surface area contributed by atoms with Crippen molar-refractivity contribution in [1.82, 2.24) is 5.32 Å². The Bertz CT molecular complexity index is 250. The molecule has 3 atom stereocenters. The fraction of sp³-hybridized carbons (Fsp3) is 0.923. The molecule has 16 heavy (non-hydrogen) atoms. The Morgan fingerprint density at radius 1 is 1.31 bits per heavy atom. The monoisotopic (exact) mass is 224 g/mol. The minimum absolute atomic E-state index is 0.210. The third-order valence-corrected chi connectivity index (χ3v) is 4.13. The molecule has 0 spiro atoms. The number of nitrogens with two attached hydrogens (primary N) is 1. The first-order valence-corrected chi connectivity index (χ1v) is 6.71. The highest BCUT2D eigenvalue weighted by atomic mass is 16.1. The van der Waals surface area contributed by atoms with E-state index in [1.165, 1.54) is 25.7 Å². The van der Waals surface area contributed by atoms with Gasteiger partial charge in [0.25, 0.3) is 0 Å². The highest BCUT2D eigenvalue weighted by Gasteiger charge is 2.30. The van der Waals surface area contributed by atoms with E-state index in [0.717, 1.165) is 18.8 Å². The maximum atomic E-state index is 11.8. The van der Waals surface area contributed by atoms with E-state index in [4.69, 9.17) is 5.73 Å². The molecule has 92 valence electrons. The first-order valence-electron chi connectivity index (χ1n) is 6.71. The van der Waals surface area contributed by atoms with Crippen LogP contribution in [0, 0.1) is 11.8 Å². The zero-order chi connectivity index (χ0) is 11.5. The summed E-state index contributed by atoms with van der Waals surface area (Å²) in [6, 6.07) is 0.614. The molecule has 0 radical (unpaired) electrons. The Morgan fingerprint density at radius 2 is 2.00 bits per heavy atom. The van der Waals surface area contributed by atoms with E-state index >= 15 is 0 Å². The van der Waals surface area contributed by atoms with Crippen LogP contribution >= 0.6 is 0 Å². The summed E-state index contributed by atoms with van der Waals surface area (Å²) in [7, 11) is 0. The van der Waals surface area contributed by atoms with Crippen molar-refractivity contribution in [2.24, 2.45) is 17.6 Å². The molecule has 2 saturated carbocycles. The molecule has 2 rings (SSSR count). The van der Waals surface area contributed by atoms with Gasteiger partial charge in [0.05, 0.1) is 0 Å². The lowest BCUT2D eigenvalue weighted by molar-refractivity contribution is -0.123. The van der Waals surface area contributed by atoms with E-state index < -0.39 is 0 Å². The quantitative estimate of drug-likeness (QED) is 0.765. The minimum Gasteiger partial charge on any atom is -0.353 e. The second-order valence-electron chi connectivity index (χ2n) is 5.61. The lowest BCUT2D eigenvalue weighted by Crippen LogP contribution is -2.40. The van der Waals surface area contributed by atoms with Crippen LogP contribution in [0.2, 0.25) is 0 Å². The Labute approximate surface area is 98.2 Å². The van der Waals surface area contributed by atoms with Crippen molar-refractivity contribution in [3.63, 3.8) is 0 Å². The molecule has 0 aromatic heterocycles. The van der Waals surface area contributed by atoms with Gasteiger partial charge in [0.15, 0.2) is 0 Å². The number of hydrogen-bond acceptors (Lipinski definition) is 2. The maximum absolute atomic E-state index is 11.8. The van der Waals surface area contributed by atoms with Crippen LogP contribution in [-0.2, 0) is 4.79 Å². The van der Waals surface area contributed by atoms with Crippen molar-refractivity contribution in [2.45, 2.75) is 64.0 Å². The van der Waals surface area contributed by atoms with Gasteiger partial charge in [-0.2, -0.15) is 0 Å². The summed E-state index contributed by atoms with van der Waals surface area (Å²) in [4.78, 5) is 11.8. The first-order chi connectivity index (χ1) is 7.66. The van der Waals surface area contributed by atoms with Crippen molar-refractivity contribution in [3.8, 4) is 0 Å². The summed E-state index contributed by atoms with van der Waals surface area (Å²) in [6.45, 7) is 2.12. The van der Waals surface area contributed by atoms with Crippen molar-refractivity contribution in [1.29, 1.82) is 0 Å². The van der Waals surface area contributed by atoms with Gasteiger partial charge < -0.3 is 11.1 Å². The second kappa shape index (κ2) is 5.17. The van der Waals surface area contributed by atoms with Crippen molar-refractivity contribution in [2.75, 3.05) is 0 Å². The van der Waals surface area contributed by atoms with Crippen LogP contribution in [0.4, 0.5) is 0 Å². The molecule has 0 saturated heterocycles. The van der Waals surface area contributed by atoms with Crippen molar-refractivity contribution >= 4 is 5.91 Å². The van der Waals surface area contributed by atoms with Gasteiger partial charge in [0.1, 0.15) is 0 Å². The molecule has 3 unspecified atom stereocenters. The fourth-order valence-corrected chi connectivity index (χ4v) is 2.75. The van der Waals surface area contributed by atoms with Crippen LogP contribution in [0.3, 0.4) is 0 Å². The molecular formula is C13H24N2O. The molecule has 0 bridgehead atoms. The smallest absolute Gasteiger partial charge is 0.220 e. The Kier molecular flexibility index (Phi) is 3.85. The molecule has 2 fully saturated rings. The van der Waals surface area contributed by atoms with Crippen LogP contribution in [0.15, 0.2) is 0 Å². The van der Waals surface area contributed by atoms with Crippen molar-refractivity contribution < 1.29 is 4.79 Å². The number of nitrogens with one attached hydrogen (secondary N) is 1. The molecule has 1 amide bonds. The molecular weight excluding hydrogens is 200 g/mol. The van der Waals surface area contributed by atoms with Gasteiger partial charge in [-0.05, 0) is 44.4 Å². The molecule has 2 aliphatic carbocycles. The maximum Gasteiger partial charge on any atom is 0.220 e. The zero-order valence-electron chi connectivity index (χ0n) is 10.2. The predicted octanol–water partition coefficient (Wildman–Crippen LogP) is 1.81. The summed E-state index contributed by atoms with van der Waals surface area (Å²) in [6.07, 6.45) is 7.90. The largest absolute Gasteiger partial charge is 0.353 e. The van der Waals surface area contributed by atoms with Crippen LogP contribution in [-0.4, -0.2) is 18.0 Å². The van der Waals surface area contributed by atoms with Crippen LogP contribution in [0.5, 0.6) is 0 Å². The molecule has 3 heteroatoms. The van der Waals surface area contributed by atoms with Crippen LogP contribution in [0.25, 0.3) is 0 Å². The molecule has 3 nitrogen and oxygen atoms in total. The summed E-state index contributed by atoms with van der Waals surface area (Å²) in [5, 5.41) is 3.12. The number of carbonyl (C=O) groups excluding carboxylic acids is 1. The SMILES string of the molecule is CC(NC(=O)CC1CCCCC1N)C1CC1. The van der Waals surface area contributed by atoms with Gasteiger partial charge in [0.2, 0.25) is 5.91 Å².